The highest BCUT2D eigenvalue weighted by molar-refractivity contribution is 9.10. The first-order chi connectivity index (χ1) is 9.98. The highest BCUT2D eigenvalue weighted by atomic mass is 79.9. The molecular formula is C16H16BrNO2S. The second-order valence-corrected chi connectivity index (χ2v) is 8.04. The molecule has 0 radical (unpaired) electrons. The molecule has 0 saturated heterocycles. The summed E-state index contributed by atoms with van der Waals surface area (Å²) in [4.78, 5) is 0.351. The molecule has 0 bridgehead atoms. The number of aryl methyl sites for hydroxylation is 2. The molecule has 0 aromatic heterocycles. The van der Waals surface area contributed by atoms with Gasteiger partial charge in [-0.05, 0) is 55.7 Å². The van der Waals surface area contributed by atoms with E-state index in [2.05, 4.69) is 15.9 Å². The number of anilines is 1. The van der Waals surface area contributed by atoms with Crippen molar-refractivity contribution >= 4 is 31.6 Å². The van der Waals surface area contributed by atoms with E-state index in [1.807, 2.05) is 37.3 Å². The molecule has 0 N–H and O–H groups in total. The van der Waals surface area contributed by atoms with Gasteiger partial charge in [-0.25, -0.2) is 8.42 Å². The summed E-state index contributed by atoms with van der Waals surface area (Å²) in [5.74, 6) is 0. The molecule has 3 rings (SSSR count). The summed E-state index contributed by atoms with van der Waals surface area (Å²) in [5.41, 5.74) is 2.92. The third-order valence-corrected chi connectivity index (χ3v) is 6.05. The van der Waals surface area contributed by atoms with Gasteiger partial charge in [0.15, 0.2) is 0 Å². The third kappa shape index (κ3) is 2.72. The molecule has 2 aromatic rings. The van der Waals surface area contributed by atoms with E-state index in [4.69, 9.17) is 0 Å². The van der Waals surface area contributed by atoms with Crippen molar-refractivity contribution in [3.63, 3.8) is 0 Å². The Kier molecular flexibility index (Phi) is 3.80. The van der Waals surface area contributed by atoms with E-state index in [9.17, 15) is 8.42 Å². The molecule has 0 fully saturated rings. The fraction of sp³-hybridized carbons (Fsp3) is 0.250. The molecule has 3 nitrogen and oxygen atoms in total. The summed E-state index contributed by atoms with van der Waals surface area (Å²) in [5, 5.41) is 0. The van der Waals surface area contributed by atoms with Crippen LogP contribution in [0.3, 0.4) is 0 Å². The van der Waals surface area contributed by atoms with Gasteiger partial charge < -0.3 is 0 Å². The molecule has 21 heavy (non-hydrogen) atoms. The molecule has 0 spiro atoms. The predicted octanol–water partition coefficient (Wildman–Crippen LogP) is 3.90. The van der Waals surface area contributed by atoms with Crippen LogP contribution in [0.5, 0.6) is 0 Å². The average Bonchev–Trinajstić information content (AvgIpc) is 2.46. The molecule has 110 valence electrons. The van der Waals surface area contributed by atoms with Crippen LogP contribution >= 0.6 is 15.9 Å². The number of benzene rings is 2. The van der Waals surface area contributed by atoms with Crippen molar-refractivity contribution in [1.82, 2.24) is 0 Å². The first kappa shape index (κ1) is 14.6. The van der Waals surface area contributed by atoms with Crippen LogP contribution in [-0.2, 0) is 16.4 Å². The third-order valence-electron chi connectivity index (χ3n) is 3.73. The van der Waals surface area contributed by atoms with Gasteiger partial charge in [0.2, 0.25) is 0 Å². The molecule has 1 heterocycles. The van der Waals surface area contributed by atoms with Crippen molar-refractivity contribution in [3.05, 3.63) is 58.1 Å². The molecule has 0 aliphatic carbocycles. The van der Waals surface area contributed by atoms with Crippen LogP contribution in [0.1, 0.15) is 17.5 Å². The molecule has 1 aliphatic heterocycles. The molecule has 0 unspecified atom stereocenters. The smallest absolute Gasteiger partial charge is 0.264 e. The minimum atomic E-state index is -3.49. The van der Waals surface area contributed by atoms with E-state index >= 15 is 0 Å². The fourth-order valence-electron chi connectivity index (χ4n) is 2.62. The van der Waals surface area contributed by atoms with Crippen LogP contribution in [-0.4, -0.2) is 15.0 Å². The molecule has 0 atom stereocenters. The monoisotopic (exact) mass is 365 g/mol. The van der Waals surface area contributed by atoms with E-state index in [-0.39, 0.29) is 0 Å². The molecule has 0 saturated carbocycles. The zero-order chi connectivity index (χ0) is 15.0. The Balaban J connectivity index is 2.07. The first-order valence-corrected chi connectivity index (χ1v) is 9.09. The Morgan fingerprint density at radius 1 is 1.10 bits per heavy atom. The van der Waals surface area contributed by atoms with Crippen LogP contribution in [0.25, 0.3) is 0 Å². The van der Waals surface area contributed by atoms with Crippen molar-refractivity contribution in [2.75, 3.05) is 10.8 Å². The molecule has 1 aliphatic rings. The minimum Gasteiger partial charge on any atom is -0.266 e. The summed E-state index contributed by atoms with van der Waals surface area (Å²) in [6.07, 6.45) is 1.75. The summed E-state index contributed by atoms with van der Waals surface area (Å²) < 4.78 is 28.2. The standard InChI is InChI=1S/C16H16BrNO2S/c1-12-4-7-15(8-5-12)21(19,20)18-10-2-3-13-11-14(17)6-9-16(13)18/h4-9,11H,2-3,10H2,1H3. The summed E-state index contributed by atoms with van der Waals surface area (Å²) in [7, 11) is -3.49. The minimum absolute atomic E-state index is 0.351. The second kappa shape index (κ2) is 5.46. The number of nitrogens with zero attached hydrogens (tertiary/aromatic N) is 1. The van der Waals surface area contributed by atoms with E-state index in [0.717, 1.165) is 34.1 Å². The van der Waals surface area contributed by atoms with Crippen LogP contribution in [0.15, 0.2) is 51.8 Å². The van der Waals surface area contributed by atoms with Gasteiger partial charge in [0.1, 0.15) is 0 Å². The summed E-state index contributed by atoms with van der Waals surface area (Å²) >= 11 is 3.45. The van der Waals surface area contributed by atoms with Crippen molar-refractivity contribution in [2.24, 2.45) is 0 Å². The largest absolute Gasteiger partial charge is 0.266 e. The quantitative estimate of drug-likeness (QED) is 0.809. The number of hydrogen-bond donors (Lipinski definition) is 0. The predicted molar refractivity (Wildman–Crippen MR) is 88.2 cm³/mol. The summed E-state index contributed by atoms with van der Waals surface area (Å²) in [6.45, 7) is 2.48. The molecular weight excluding hydrogens is 350 g/mol. The van der Waals surface area contributed by atoms with Crippen LogP contribution in [0.4, 0.5) is 5.69 Å². The lowest BCUT2D eigenvalue weighted by Crippen LogP contribution is -2.35. The van der Waals surface area contributed by atoms with E-state index in [1.54, 1.807) is 12.1 Å². The summed E-state index contributed by atoms with van der Waals surface area (Å²) in [6, 6.07) is 12.8. The maximum absolute atomic E-state index is 12.9. The number of rotatable bonds is 2. The first-order valence-electron chi connectivity index (χ1n) is 6.86. The van der Waals surface area contributed by atoms with Gasteiger partial charge in [-0.2, -0.15) is 0 Å². The van der Waals surface area contributed by atoms with Crippen molar-refractivity contribution in [3.8, 4) is 0 Å². The van der Waals surface area contributed by atoms with Gasteiger partial charge in [0.05, 0.1) is 10.6 Å². The van der Waals surface area contributed by atoms with Crippen molar-refractivity contribution in [2.45, 2.75) is 24.7 Å². The Morgan fingerprint density at radius 2 is 1.81 bits per heavy atom. The fourth-order valence-corrected chi connectivity index (χ4v) is 4.57. The molecule has 5 heteroatoms. The number of halogens is 1. The van der Waals surface area contributed by atoms with Gasteiger partial charge in [-0.1, -0.05) is 33.6 Å². The lowest BCUT2D eigenvalue weighted by Gasteiger charge is -2.30. The Bertz CT molecular complexity index is 769. The molecule has 0 amide bonds. The van der Waals surface area contributed by atoms with Crippen molar-refractivity contribution < 1.29 is 8.42 Å². The lowest BCUT2D eigenvalue weighted by atomic mass is 10.0. The Labute approximate surface area is 133 Å². The zero-order valence-corrected chi connectivity index (χ0v) is 14.1. The number of fused-ring (bicyclic) bond motifs is 1. The van der Waals surface area contributed by atoms with Gasteiger partial charge in [0, 0.05) is 11.0 Å². The average molecular weight is 366 g/mol. The van der Waals surface area contributed by atoms with Crippen molar-refractivity contribution in [1.29, 1.82) is 0 Å². The maximum atomic E-state index is 12.9. The molecule has 2 aromatic carbocycles. The topological polar surface area (TPSA) is 37.4 Å². The van der Waals surface area contributed by atoms with Gasteiger partial charge in [-0.3, -0.25) is 4.31 Å². The maximum Gasteiger partial charge on any atom is 0.264 e. The SMILES string of the molecule is Cc1ccc(S(=O)(=O)N2CCCc3cc(Br)ccc32)cc1. The second-order valence-electron chi connectivity index (χ2n) is 5.27. The van der Waals surface area contributed by atoms with E-state index in [1.165, 1.54) is 4.31 Å². The lowest BCUT2D eigenvalue weighted by molar-refractivity contribution is 0.586. The Morgan fingerprint density at radius 3 is 2.52 bits per heavy atom. The van der Waals surface area contributed by atoms with Crippen LogP contribution in [0.2, 0.25) is 0 Å². The highest BCUT2D eigenvalue weighted by Gasteiger charge is 2.28. The Hall–Kier alpha value is -1.33. The van der Waals surface area contributed by atoms with Crippen LogP contribution < -0.4 is 4.31 Å². The van der Waals surface area contributed by atoms with Gasteiger partial charge in [-0.15, -0.1) is 0 Å². The van der Waals surface area contributed by atoms with E-state index < -0.39 is 10.0 Å². The van der Waals surface area contributed by atoms with Gasteiger partial charge in [0.25, 0.3) is 10.0 Å². The normalized spacial score (nSPS) is 14.9. The highest BCUT2D eigenvalue weighted by Crippen LogP contribution is 2.33. The van der Waals surface area contributed by atoms with E-state index in [0.29, 0.717) is 11.4 Å². The zero-order valence-electron chi connectivity index (χ0n) is 11.7. The van der Waals surface area contributed by atoms with Gasteiger partial charge >= 0.3 is 0 Å². The number of sulfonamides is 1. The van der Waals surface area contributed by atoms with Crippen LogP contribution in [0, 0.1) is 6.92 Å². The number of hydrogen-bond acceptors (Lipinski definition) is 2.